The van der Waals surface area contributed by atoms with Crippen LogP contribution < -0.4 is 9.64 Å². The normalized spacial score (nSPS) is 11.2. The highest BCUT2D eigenvalue weighted by molar-refractivity contribution is 5.57. The van der Waals surface area contributed by atoms with E-state index in [2.05, 4.69) is 40.7 Å². The first-order chi connectivity index (χ1) is 11.8. The molecule has 0 unspecified atom stereocenters. The fraction of sp³-hybridized carbons (Fsp3) is 0.722. The van der Waals surface area contributed by atoms with Crippen LogP contribution in [0.2, 0.25) is 0 Å². The monoisotopic (exact) mass is 333 g/mol. The van der Waals surface area contributed by atoms with Crippen LogP contribution in [0, 0.1) is 0 Å². The van der Waals surface area contributed by atoms with E-state index in [0.29, 0.717) is 11.7 Å². The summed E-state index contributed by atoms with van der Waals surface area (Å²) in [5, 5.41) is 4.39. The zero-order valence-corrected chi connectivity index (χ0v) is 15.6. The third kappa shape index (κ3) is 4.16. The van der Waals surface area contributed by atoms with E-state index in [1.807, 2.05) is 4.52 Å². The van der Waals surface area contributed by atoms with Crippen LogP contribution in [0.3, 0.4) is 0 Å². The van der Waals surface area contributed by atoms with Gasteiger partial charge in [0.15, 0.2) is 0 Å². The quantitative estimate of drug-likeness (QED) is 0.584. The number of anilines is 1. The molecule has 0 amide bonds. The van der Waals surface area contributed by atoms with Gasteiger partial charge >= 0.3 is 0 Å². The highest BCUT2D eigenvalue weighted by Gasteiger charge is 2.20. The van der Waals surface area contributed by atoms with Crippen LogP contribution in [0.25, 0.3) is 5.78 Å². The van der Waals surface area contributed by atoms with E-state index in [9.17, 15) is 0 Å². The number of unbranched alkanes of at least 4 members (excludes halogenated alkanes) is 5. The van der Waals surface area contributed by atoms with Gasteiger partial charge in [0, 0.05) is 13.1 Å². The second-order valence-electron chi connectivity index (χ2n) is 6.09. The minimum atomic E-state index is 0.598. The zero-order chi connectivity index (χ0) is 17.4. The summed E-state index contributed by atoms with van der Waals surface area (Å²) < 4.78 is 7.43. The molecule has 134 valence electrons. The number of hydrogen-bond acceptors (Lipinski definition) is 5. The molecule has 2 rings (SSSR count). The number of aromatic nitrogens is 4. The van der Waals surface area contributed by atoms with Crippen LogP contribution in [-0.4, -0.2) is 39.8 Å². The first kappa shape index (κ1) is 18.5. The Labute approximate surface area is 145 Å². The van der Waals surface area contributed by atoms with Crippen molar-refractivity contribution >= 4 is 11.6 Å². The van der Waals surface area contributed by atoms with Crippen LogP contribution in [0.1, 0.15) is 64.9 Å². The molecule has 0 spiro atoms. The van der Waals surface area contributed by atoms with Gasteiger partial charge in [-0.05, 0) is 26.7 Å². The van der Waals surface area contributed by atoms with E-state index in [-0.39, 0.29) is 0 Å². The van der Waals surface area contributed by atoms with E-state index in [0.717, 1.165) is 37.3 Å². The molecule has 6 heteroatoms. The minimum Gasteiger partial charge on any atom is -0.481 e. The fourth-order valence-electron chi connectivity index (χ4n) is 3.16. The summed E-state index contributed by atoms with van der Waals surface area (Å²) in [5.74, 6) is 2.36. The standard InChI is InChI=1S/C18H31N5O/c1-5-8-9-10-11-12-13-15-16(24-4)21-18-19-14-20-23(18)17(15)22(6-2)7-3/h14H,5-13H2,1-4H3. The third-order valence-corrected chi connectivity index (χ3v) is 4.50. The molecule has 24 heavy (non-hydrogen) atoms. The van der Waals surface area contributed by atoms with E-state index < -0.39 is 0 Å². The summed E-state index contributed by atoms with van der Waals surface area (Å²) in [5.41, 5.74) is 1.15. The molecule has 0 atom stereocenters. The van der Waals surface area contributed by atoms with Gasteiger partial charge in [-0.2, -0.15) is 19.6 Å². The van der Waals surface area contributed by atoms with Crippen molar-refractivity contribution in [2.75, 3.05) is 25.1 Å². The Balaban J connectivity index is 2.26. The number of fused-ring (bicyclic) bond motifs is 1. The summed E-state index contributed by atoms with van der Waals surface area (Å²) in [4.78, 5) is 11.1. The maximum atomic E-state index is 5.58. The number of ether oxygens (including phenoxy) is 1. The second-order valence-corrected chi connectivity index (χ2v) is 6.09. The number of nitrogens with zero attached hydrogens (tertiary/aromatic N) is 5. The maximum Gasteiger partial charge on any atom is 0.257 e. The molecule has 0 N–H and O–H groups in total. The Morgan fingerprint density at radius 3 is 2.42 bits per heavy atom. The number of rotatable bonds is 11. The minimum absolute atomic E-state index is 0.598. The average Bonchev–Trinajstić information content (AvgIpc) is 3.07. The molecule has 0 aliphatic carbocycles. The lowest BCUT2D eigenvalue weighted by molar-refractivity contribution is 0.391. The predicted octanol–water partition coefficient (Wildman–Crippen LogP) is 3.88. The van der Waals surface area contributed by atoms with Gasteiger partial charge in [-0.15, -0.1) is 0 Å². The molecule has 0 radical (unpaired) electrons. The molecule has 2 aromatic rings. The van der Waals surface area contributed by atoms with Gasteiger partial charge < -0.3 is 9.64 Å². The Hall–Kier alpha value is -1.85. The Bertz CT molecular complexity index is 621. The lowest BCUT2D eigenvalue weighted by atomic mass is 10.1. The lowest BCUT2D eigenvalue weighted by Gasteiger charge is -2.25. The highest BCUT2D eigenvalue weighted by Crippen LogP contribution is 2.30. The summed E-state index contributed by atoms with van der Waals surface area (Å²) >= 11 is 0. The van der Waals surface area contributed by atoms with Gasteiger partial charge in [0.25, 0.3) is 5.78 Å². The van der Waals surface area contributed by atoms with Gasteiger partial charge in [-0.25, -0.2) is 0 Å². The zero-order valence-electron chi connectivity index (χ0n) is 15.6. The molecule has 0 bridgehead atoms. The largest absolute Gasteiger partial charge is 0.481 e. The Morgan fingerprint density at radius 1 is 1.04 bits per heavy atom. The van der Waals surface area contributed by atoms with Crippen LogP contribution in [0.5, 0.6) is 5.88 Å². The maximum absolute atomic E-state index is 5.58. The predicted molar refractivity (Wildman–Crippen MR) is 98.0 cm³/mol. The third-order valence-electron chi connectivity index (χ3n) is 4.50. The van der Waals surface area contributed by atoms with Gasteiger partial charge in [-0.3, -0.25) is 0 Å². The Morgan fingerprint density at radius 2 is 1.75 bits per heavy atom. The summed E-state index contributed by atoms with van der Waals surface area (Å²) in [7, 11) is 1.69. The average molecular weight is 333 g/mol. The molecular formula is C18H31N5O. The molecule has 0 aliphatic heterocycles. The van der Waals surface area contributed by atoms with Gasteiger partial charge in [0.05, 0.1) is 12.7 Å². The molecular weight excluding hydrogens is 302 g/mol. The molecule has 0 aromatic carbocycles. The van der Waals surface area contributed by atoms with E-state index >= 15 is 0 Å². The van der Waals surface area contributed by atoms with E-state index in [1.54, 1.807) is 13.4 Å². The van der Waals surface area contributed by atoms with Crippen molar-refractivity contribution in [1.82, 2.24) is 19.6 Å². The molecule has 0 saturated carbocycles. The SMILES string of the molecule is CCCCCCCCc1c(OC)nc2ncnn2c1N(CC)CC. The van der Waals surface area contributed by atoms with Crippen molar-refractivity contribution in [2.45, 2.75) is 65.7 Å². The van der Waals surface area contributed by atoms with Gasteiger partial charge in [-0.1, -0.05) is 39.0 Å². The summed E-state index contributed by atoms with van der Waals surface area (Å²) in [6.07, 6.45) is 10.2. The van der Waals surface area contributed by atoms with Crippen molar-refractivity contribution in [1.29, 1.82) is 0 Å². The first-order valence-electron chi connectivity index (χ1n) is 9.28. The van der Waals surface area contributed by atoms with Crippen molar-refractivity contribution in [3.63, 3.8) is 0 Å². The lowest BCUT2D eigenvalue weighted by Crippen LogP contribution is -2.27. The van der Waals surface area contributed by atoms with Gasteiger partial charge in [0.1, 0.15) is 12.1 Å². The smallest absolute Gasteiger partial charge is 0.257 e. The van der Waals surface area contributed by atoms with Crippen LogP contribution in [0.15, 0.2) is 6.33 Å². The molecule has 6 nitrogen and oxygen atoms in total. The van der Waals surface area contributed by atoms with E-state index in [1.165, 1.54) is 32.1 Å². The van der Waals surface area contributed by atoms with Crippen LogP contribution in [-0.2, 0) is 6.42 Å². The van der Waals surface area contributed by atoms with Crippen molar-refractivity contribution in [3.8, 4) is 5.88 Å². The van der Waals surface area contributed by atoms with E-state index in [4.69, 9.17) is 4.74 Å². The summed E-state index contributed by atoms with van der Waals surface area (Å²) in [6, 6.07) is 0. The molecule has 0 fully saturated rings. The summed E-state index contributed by atoms with van der Waals surface area (Å²) in [6.45, 7) is 8.41. The van der Waals surface area contributed by atoms with Crippen molar-refractivity contribution in [2.24, 2.45) is 0 Å². The van der Waals surface area contributed by atoms with Gasteiger partial charge in [0.2, 0.25) is 5.88 Å². The van der Waals surface area contributed by atoms with Crippen molar-refractivity contribution in [3.05, 3.63) is 11.9 Å². The molecule has 2 heterocycles. The first-order valence-corrected chi connectivity index (χ1v) is 9.28. The number of hydrogen-bond donors (Lipinski definition) is 0. The molecule has 0 aliphatic rings. The van der Waals surface area contributed by atoms with Crippen LogP contribution in [0.4, 0.5) is 5.82 Å². The molecule has 0 saturated heterocycles. The second kappa shape index (κ2) is 9.45. The topological polar surface area (TPSA) is 55.6 Å². The fourth-order valence-corrected chi connectivity index (χ4v) is 3.16. The number of methoxy groups -OCH3 is 1. The highest BCUT2D eigenvalue weighted by atomic mass is 16.5. The molecule has 2 aromatic heterocycles. The van der Waals surface area contributed by atoms with Crippen LogP contribution >= 0.6 is 0 Å². The Kier molecular flexibility index (Phi) is 7.28. The van der Waals surface area contributed by atoms with Crippen molar-refractivity contribution < 1.29 is 4.74 Å².